The summed E-state index contributed by atoms with van der Waals surface area (Å²) in [6, 6.07) is 17.7. The monoisotopic (exact) mass is 452 g/mol. The smallest absolute Gasteiger partial charge is 0.264 e. The molecule has 0 radical (unpaired) electrons. The number of nitrogens with zero attached hydrogens (tertiary/aromatic N) is 4. The number of carbonyl (C=O) groups is 1. The summed E-state index contributed by atoms with van der Waals surface area (Å²) < 4.78 is 1.04. The molecule has 5 nitrogen and oxygen atoms in total. The molecule has 0 aliphatic carbocycles. The molecule has 1 fully saturated rings. The summed E-state index contributed by atoms with van der Waals surface area (Å²) in [5.74, 6) is 0.764. The van der Waals surface area contributed by atoms with Crippen LogP contribution in [0.4, 0.5) is 5.82 Å². The molecule has 0 bridgehead atoms. The Morgan fingerprint density at radius 2 is 1.82 bits per heavy atom. The molecule has 0 unspecified atom stereocenters. The molecule has 1 amide bonds. The highest BCUT2D eigenvalue weighted by Gasteiger charge is 2.25. The maximum atomic E-state index is 12.9. The summed E-state index contributed by atoms with van der Waals surface area (Å²) in [7, 11) is 0. The number of carbonyl (C=O) groups excluding carboxylic acids is 1. The molecule has 1 aliphatic rings. The SMILES string of the molecule is N#Cc1cccnc1N1CCN(C(=O)c2ccc(-c3ccc(Br)cc3)s2)CC1. The molecule has 3 aromatic rings. The Morgan fingerprint density at radius 1 is 1.07 bits per heavy atom. The third-order valence-corrected chi connectivity index (χ3v) is 6.37. The van der Waals surface area contributed by atoms with E-state index in [-0.39, 0.29) is 5.91 Å². The van der Waals surface area contributed by atoms with E-state index >= 15 is 0 Å². The van der Waals surface area contributed by atoms with Gasteiger partial charge in [-0.1, -0.05) is 28.1 Å². The molecule has 1 saturated heterocycles. The molecule has 2 aromatic heterocycles. The van der Waals surface area contributed by atoms with Crippen molar-refractivity contribution in [2.24, 2.45) is 0 Å². The van der Waals surface area contributed by atoms with E-state index in [1.807, 2.05) is 41.3 Å². The van der Waals surface area contributed by atoms with Crippen LogP contribution in [0.15, 0.2) is 59.2 Å². The fourth-order valence-electron chi connectivity index (χ4n) is 3.24. The lowest BCUT2D eigenvalue weighted by molar-refractivity contribution is 0.0751. The van der Waals surface area contributed by atoms with Gasteiger partial charge in [-0.15, -0.1) is 11.3 Å². The molecule has 4 rings (SSSR count). The average molecular weight is 453 g/mol. The van der Waals surface area contributed by atoms with Gasteiger partial charge in [0.1, 0.15) is 11.9 Å². The number of nitriles is 1. The number of piperazine rings is 1. The van der Waals surface area contributed by atoms with Crippen LogP contribution in [-0.2, 0) is 0 Å². The second kappa shape index (κ2) is 8.13. The summed E-state index contributed by atoms with van der Waals surface area (Å²) in [5.41, 5.74) is 1.68. The van der Waals surface area contributed by atoms with E-state index in [0.717, 1.165) is 19.8 Å². The maximum Gasteiger partial charge on any atom is 0.264 e. The number of halogens is 1. The molecule has 3 heterocycles. The summed E-state index contributed by atoms with van der Waals surface area (Å²) in [4.78, 5) is 23.0. The predicted molar refractivity (Wildman–Crippen MR) is 115 cm³/mol. The minimum atomic E-state index is 0.0644. The molecule has 1 aliphatic heterocycles. The van der Waals surface area contributed by atoms with Crippen LogP contribution in [0, 0.1) is 11.3 Å². The van der Waals surface area contributed by atoms with Crippen LogP contribution in [-0.4, -0.2) is 42.0 Å². The molecule has 0 saturated carbocycles. The first-order valence-electron chi connectivity index (χ1n) is 8.91. The number of pyridine rings is 1. The Hall–Kier alpha value is -2.69. The van der Waals surface area contributed by atoms with Gasteiger partial charge in [0, 0.05) is 41.7 Å². The van der Waals surface area contributed by atoms with E-state index in [9.17, 15) is 10.1 Å². The van der Waals surface area contributed by atoms with Crippen LogP contribution in [0.25, 0.3) is 10.4 Å². The van der Waals surface area contributed by atoms with E-state index in [1.54, 1.807) is 18.3 Å². The Morgan fingerprint density at radius 3 is 2.54 bits per heavy atom. The Balaban J connectivity index is 1.43. The van der Waals surface area contributed by atoms with Gasteiger partial charge in [-0.25, -0.2) is 4.98 Å². The maximum absolute atomic E-state index is 12.9. The normalized spacial score (nSPS) is 14.0. The Labute approximate surface area is 176 Å². The summed E-state index contributed by atoms with van der Waals surface area (Å²) in [6.45, 7) is 2.57. The van der Waals surface area contributed by atoms with Gasteiger partial charge in [-0.3, -0.25) is 4.79 Å². The Kier molecular flexibility index (Phi) is 5.42. The number of anilines is 1. The fourth-order valence-corrected chi connectivity index (χ4v) is 4.48. The fraction of sp³-hybridized carbons (Fsp3) is 0.190. The summed E-state index contributed by atoms with van der Waals surface area (Å²) >= 11 is 4.97. The van der Waals surface area contributed by atoms with Crippen LogP contribution in [0.3, 0.4) is 0 Å². The highest BCUT2D eigenvalue weighted by Crippen LogP contribution is 2.30. The van der Waals surface area contributed by atoms with Gasteiger partial charge in [0.2, 0.25) is 0 Å². The van der Waals surface area contributed by atoms with Gasteiger partial charge in [-0.05, 0) is 42.0 Å². The largest absolute Gasteiger partial charge is 0.352 e. The highest BCUT2D eigenvalue weighted by molar-refractivity contribution is 9.10. The predicted octanol–water partition coefficient (Wildman–Crippen LogP) is 4.41. The molecule has 7 heteroatoms. The number of aromatic nitrogens is 1. The molecule has 0 atom stereocenters. The molecular formula is C21H17BrN4OS. The van der Waals surface area contributed by atoms with Crippen LogP contribution >= 0.6 is 27.3 Å². The minimum absolute atomic E-state index is 0.0644. The van der Waals surface area contributed by atoms with E-state index in [4.69, 9.17) is 0 Å². The van der Waals surface area contributed by atoms with Crippen LogP contribution in [0.5, 0.6) is 0 Å². The average Bonchev–Trinajstić information content (AvgIpc) is 3.24. The van der Waals surface area contributed by atoms with Crippen molar-refractivity contribution in [2.45, 2.75) is 0 Å². The number of hydrogen-bond acceptors (Lipinski definition) is 5. The van der Waals surface area contributed by atoms with Crippen LogP contribution in [0.2, 0.25) is 0 Å². The van der Waals surface area contributed by atoms with Crippen LogP contribution in [0.1, 0.15) is 15.2 Å². The first-order chi connectivity index (χ1) is 13.7. The lowest BCUT2D eigenvalue weighted by Crippen LogP contribution is -2.49. The van der Waals surface area contributed by atoms with Crippen molar-refractivity contribution >= 4 is 39.0 Å². The van der Waals surface area contributed by atoms with Crippen LogP contribution < -0.4 is 4.90 Å². The number of amides is 1. The van der Waals surface area contributed by atoms with Crippen molar-refractivity contribution in [3.63, 3.8) is 0 Å². The highest BCUT2D eigenvalue weighted by atomic mass is 79.9. The van der Waals surface area contributed by atoms with Gasteiger partial charge < -0.3 is 9.80 Å². The summed E-state index contributed by atoms with van der Waals surface area (Å²) in [6.07, 6.45) is 1.70. The minimum Gasteiger partial charge on any atom is -0.352 e. The second-order valence-electron chi connectivity index (χ2n) is 6.44. The molecule has 1 aromatic carbocycles. The second-order valence-corrected chi connectivity index (χ2v) is 8.44. The van der Waals surface area contributed by atoms with Crippen molar-refractivity contribution in [3.8, 4) is 16.5 Å². The van der Waals surface area contributed by atoms with Gasteiger partial charge in [0.05, 0.1) is 10.4 Å². The number of benzene rings is 1. The van der Waals surface area contributed by atoms with E-state index in [1.165, 1.54) is 11.3 Å². The number of hydrogen-bond donors (Lipinski definition) is 0. The van der Waals surface area contributed by atoms with Crippen molar-refractivity contribution < 1.29 is 4.79 Å². The van der Waals surface area contributed by atoms with Gasteiger partial charge >= 0.3 is 0 Å². The number of thiophene rings is 1. The van der Waals surface area contributed by atoms with E-state index in [0.29, 0.717) is 37.6 Å². The van der Waals surface area contributed by atoms with Crippen molar-refractivity contribution in [1.82, 2.24) is 9.88 Å². The standard InChI is InChI=1S/C21H17BrN4OS/c22-17-5-3-15(4-6-17)18-7-8-19(28-18)21(27)26-12-10-25(11-13-26)20-16(14-23)2-1-9-24-20/h1-9H,10-13H2. The first-order valence-corrected chi connectivity index (χ1v) is 10.5. The molecule has 0 spiro atoms. The quantitative estimate of drug-likeness (QED) is 0.590. The van der Waals surface area contributed by atoms with Gasteiger partial charge in [-0.2, -0.15) is 5.26 Å². The molecule has 0 N–H and O–H groups in total. The summed E-state index contributed by atoms with van der Waals surface area (Å²) in [5, 5.41) is 9.27. The van der Waals surface area contributed by atoms with Crippen molar-refractivity contribution in [2.75, 3.05) is 31.1 Å². The van der Waals surface area contributed by atoms with Crippen molar-refractivity contribution in [1.29, 1.82) is 5.26 Å². The first kappa shape index (κ1) is 18.7. The zero-order valence-electron chi connectivity index (χ0n) is 15.0. The number of rotatable bonds is 3. The zero-order valence-corrected chi connectivity index (χ0v) is 17.4. The third-order valence-electron chi connectivity index (χ3n) is 4.72. The van der Waals surface area contributed by atoms with Gasteiger partial charge in [0.15, 0.2) is 0 Å². The molecular weight excluding hydrogens is 436 g/mol. The van der Waals surface area contributed by atoms with Crippen molar-refractivity contribution in [3.05, 3.63) is 69.6 Å². The van der Waals surface area contributed by atoms with E-state index in [2.05, 4.69) is 31.9 Å². The zero-order chi connectivity index (χ0) is 19.5. The lowest BCUT2D eigenvalue weighted by atomic mass is 10.2. The van der Waals surface area contributed by atoms with E-state index < -0.39 is 0 Å². The Bertz CT molecular complexity index is 1030. The molecule has 140 valence electrons. The topological polar surface area (TPSA) is 60.2 Å². The van der Waals surface area contributed by atoms with Gasteiger partial charge in [0.25, 0.3) is 5.91 Å². The third kappa shape index (κ3) is 3.79. The lowest BCUT2D eigenvalue weighted by Gasteiger charge is -2.35. The molecule has 28 heavy (non-hydrogen) atoms.